The second-order valence-corrected chi connectivity index (χ2v) is 11.1. The topological polar surface area (TPSA) is 0 Å². The van der Waals surface area contributed by atoms with Crippen LogP contribution in [-0.4, -0.2) is 0 Å². The molecule has 1 fully saturated rings. The molecule has 0 saturated heterocycles. The zero-order chi connectivity index (χ0) is 21.2. The van der Waals surface area contributed by atoms with Crippen molar-refractivity contribution in [3.8, 4) is 0 Å². The average molecular weight is 385 g/mol. The van der Waals surface area contributed by atoms with Crippen LogP contribution >= 0.6 is 0 Å². The van der Waals surface area contributed by atoms with Crippen LogP contribution in [0.1, 0.15) is 117 Å². The van der Waals surface area contributed by atoms with Crippen molar-refractivity contribution in [3.63, 3.8) is 0 Å². The molecule has 0 radical (unpaired) electrons. The largest absolute Gasteiger partial charge is 0.0776 e. The molecular formula is C27H60. The average Bonchev–Trinajstić information content (AvgIpc) is 3.30. The highest BCUT2D eigenvalue weighted by molar-refractivity contribution is 4.84. The van der Waals surface area contributed by atoms with Gasteiger partial charge in [0.2, 0.25) is 0 Å². The molecule has 0 amide bonds. The lowest BCUT2D eigenvalue weighted by molar-refractivity contribution is 0.252. The Morgan fingerprint density at radius 3 is 0.667 bits per heavy atom. The van der Waals surface area contributed by atoms with E-state index >= 15 is 0 Å². The second-order valence-electron chi connectivity index (χ2n) is 11.1. The van der Waals surface area contributed by atoms with Gasteiger partial charge in [-0.05, 0) is 72.0 Å². The predicted molar refractivity (Wildman–Crippen MR) is 130 cm³/mol. The Bertz CT molecular complexity index is 259. The minimum Gasteiger partial charge on any atom is -0.0776 e. The van der Waals surface area contributed by atoms with E-state index < -0.39 is 0 Å². The third kappa shape index (κ3) is 15.6. The molecule has 27 heavy (non-hydrogen) atoms. The monoisotopic (exact) mass is 384 g/mol. The van der Waals surface area contributed by atoms with Crippen molar-refractivity contribution in [2.75, 3.05) is 0 Å². The van der Waals surface area contributed by atoms with Gasteiger partial charge in [-0.3, -0.25) is 0 Å². The lowest BCUT2D eigenvalue weighted by Crippen LogP contribution is -2.17. The Hall–Kier alpha value is 0. The molecule has 1 saturated carbocycles. The predicted octanol–water partition coefficient (Wildman–Crippen LogP) is 9.83. The molecule has 1 rings (SSSR count). The van der Waals surface area contributed by atoms with Crippen molar-refractivity contribution >= 4 is 0 Å². The quantitative estimate of drug-likeness (QED) is 0.409. The molecule has 1 aliphatic rings. The first-order valence-electron chi connectivity index (χ1n) is 11.7. The highest BCUT2D eigenvalue weighted by atomic mass is 14.4. The van der Waals surface area contributed by atoms with Gasteiger partial charge in [0.1, 0.15) is 0 Å². The van der Waals surface area contributed by atoms with E-state index in [4.69, 9.17) is 0 Å². The smallest absolute Gasteiger partial charge is 0.0340 e. The molecule has 0 spiro atoms. The zero-order valence-electron chi connectivity index (χ0n) is 21.2. The molecule has 0 nitrogen and oxygen atoms in total. The van der Waals surface area contributed by atoms with Gasteiger partial charge in [0.25, 0.3) is 0 Å². The van der Waals surface area contributed by atoms with E-state index in [1.54, 1.807) is 0 Å². The van der Waals surface area contributed by atoms with Gasteiger partial charge in [-0.2, -0.15) is 0 Å². The Kier molecular flexibility index (Phi) is 18.6. The van der Waals surface area contributed by atoms with Crippen molar-refractivity contribution in [2.24, 2.45) is 59.2 Å². The first-order valence-corrected chi connectivity index (χ1v) is 11.7. The van der Waals surface area contributed by atoms with Crippen LogP contribution in [0.15, 0.2) is 0 Å². The summed E-state index contributed by atoms with van der Waals surface area (Å²) >= 11 is 0. The Morgan fingerprint density at radius 1 is 0.407 bits per heavy atom. The molecule has 168 valence electrons. The fraction of sp³-hybridized carbons (Fsp3) is 1.00. The van der Waals surface area contributed by atoms with Crippen LogP contribution in [0.3, 0.4) is 0 Å². The van der Waals surface area contributed by atoms with Crippen molar-refractivity contribution in [2.45, 2.75) is 117 Å². The van der Waals surface area contributed by atoms with Crippen LogP contribution in [0, 0.1) is 59.2 Å². The van der Waals surface area contributed by atoms with Crippen molar-refractivity contribution in [1.82, 2.24) is 0 Å². The summed E-state index contributed by atoms with van der Waals surface area (Å²) in [6, 6.07) is 0. The third-order valence-corrected chi connectivity index (χ3v) is 6.91. The van der Waals surface area contributed by atoms with Crippen molar-refractivity contribution in [3.05, 3.63) is 0 Å². The summed E-state index contributed by atoms with van der Waals surface area (Å²) in [7, 11) is 0. The van der Waals surface area contributed by atoms with E-state index in [1.165, 1.54) is 12.8 Å². The SMILES string of the molecule is C.CC(C)C(C(C)C)C1CC1.CC(C)C(C)C(C)C.CC(C)C(C)C(C)C. The second kappa shape index (κ2) is 15.9. The van der Waals surface area contributed by atoms with Crippen LogP contribution in [0.2, 0.25) is 0 Å². The maximum absolute atomic E-state index is 2.36. The third-order valence-electron chi connectivity index (χ3n) is 6.91. The fourth-order valence-corrected chi connectivity index (χ4v) is 3.88. The minimum absolute atomic E-state index is 0. The maximum atomic E-state index is 2.36. The van der Waals surface area contributed by atoms with Crippen molar-refractivity contribution in [1.29, 1.82) is 0 Å². The highest BCUT2D eigenvalue weighted by Crippen LogP contribution is 2.43. The number of hydrogen-bond donors (Lipinski definition) is 0. The summed E-state index contributed by atoms with van der Waals surface area (Å²) < 4.78 is 0. The normalized spacial score (nSPS) is 14.3. The van der Waals surface area contributed by atoms with E-state index in [0.717, 1.165) is 59.2 Å². The standard InChI is InChI=1S/C10H20.2C8H18.CH4/c1-7(2)10(8(3)4)9-5-6-9;2*1-6(2)8(5)7(3)4;/h7-10H,5-6H2,1-4H3;2*6-8H,1-5H3;1H4. The number of rotatable bonds is 7. The first-order chi connectivity index (χ1) is 11.7. The Labute approximate surface area is 176 Å². The van der Waals surface area contributed by atoms with Crippen LogP contribution < -0.4 is 0 Å². The molecular weight excluding hydrogens is 324 g/mol. The summed E-state index contributed by atoms with van der Waals surface area (Å²) in [6.45, 7) is 32.3. The molecule has 0 unspecified atom stereocenters. The van der Waals surface area contributed by atoms with E-state index in [1.807, 2.05) is 0 Å². The molecule has 0 aromatic rings. The zero-order valence-corrected chi connectivity index (χ0v) is 21.2. The molecule has 0 bridgehead atoms. The summed E-state index contributed by atoms with van der Waals surface area (Å²) in [5.41, 5.74) is 0. The molecule has 0 aromatic carbocycles. The van der Waals surface area contributed by atoms with Crippen LogP contribution in [-0.2, 0) is 0 Å². The van der Waals surface area contributed by atoms with E-state index in [9.17, 15) is 0 Å². The first kappa shape index (κ1) is 31.7. The summed E-state index contributed by atoms with van der Waals surface area (Å²) in [4.78, 5) is 0. The van der Waals surface area contributed by atoms with Gasteiger partial charge in [-0.15, -0.1) is 0 Å². The van der Waals surface area contributed by atoms with Gasteiger partial charge in [0, 0.05) is 0 Å². The molecule has 0 aromatic heterocycles. The molecule has 1 aliphatic carbocycles. The van der Waals surface area contributed by atoms with Gasteiger partial charge in [0.05, 0.1) is 0 Å². The lowest BCUT2D eigenvalue weighted by Gasteiger charge is -2.24. The van der Waals surface area contributed by atoms with Gasteiger partial charge in [-0.25, -0.2) is 0 Å². The van der Waals surface area contributed by atoms with Crippen molar-refractivity contribution < 1.29 is 0 Å². The highest BCUT2D eigenvalue weighted by Gasteiger charge is 2.34. The summed E-state index contributed by atoms with van der Waals surface area (Å²) in [5.74, 6) is 8.99. The van der Waals surface area contributed by atoms with E-state index in [0.29, 0.717) is 0 Å². The van der Waals surface area contributed by atoms with E-state index in [2.05, 4.69) is 96.9 Å². The van der Waals surface area contributed by atoms with Gasteiger partial charge >= 0.3 is 0 Å². The molecule has 0 heterocycles. The summed E-state index contributed by atoms with van der Waals surface area (Å²) in [6.07, 6.45) is 3.00. The van der Waals surface area contributed by atoms with Crippen LogP contribution in [0.25, 0.3) is 0 Å². The van der Waals surface area contributed by atoms with E-state index in [-0.39, 0.29) is 7.43 Å². The molecule has 0 atom stereocenters. The summed E-state index contributed by atoms with van der Waals surface area (Å²) in [5, 5.41) is 0. The van der Waals surface area contributed by atoms with Gasteiger partial charge in [-0.1, -0.05) is 104 Å². The van der Waals surface area contributed by atoms with Gasteiger partial charge in [0.15, 0.2) is 0 Å². The molecule has 0 N–H and O–H groups in total. The maximum Gasteiger partial charge on any atom is -0.0340 e. The van der Waals surface area contributed by atoms with Gasteiger partial charge < -0.3 is 0 Å². The van der Waals surface area contributed by atoms with Crippen LogP contribution in [0.5, 0.6) is 0 Å². The Morgan fingerprint density at radius 2 is 0.630 bits per heavy atom. The minimum atomic E-state index is 0. The molecule has 0 heteroatoms. The fourth-order valence-electron chi connectivity index (χ4n) is 3.88. The molecule has 0 aliphatic heterocycles. The number of hydrogen-bond acceptors (Lipinski definition) is 0. The Balaban J connectivity index is -0.000000318. The van der Waals surface area contributed by atoms with Crippen LogP contribution in [0.4, 0.5) is 0 Å². The lowest BCUT2D eigenvalue weighted by atomic mass is 9.82.